The molecule has 0 aliphatic carbocycles. The molecule has 3 amide bonds. The Labute approximate surface area is 230 Å². The lowest BCUT2D eigenvalue weighted by atomic mass is 9.99. The topological polar surface area (TPSA) is 113 Å². The molecule has 1 aliphatic heterocycles. The average molecular weight is 555 g/mol. The number of rotatable bonds is 10. The Balaban J connectivity index is 1.51. The van der Waals surface area contributed by atoms with Crippen LogP contribution in [0.25, 0.3) is 0 Å². The van der Waals surface area contributed by atoms with Gasteiger partial charge in [-0.2, -0.15) is 0 Å². The first-order chi connectivity index (χ1) is 19.1. The summed E-state index contributed by atoms with van der Waals surface area (Å²) in [4.78, 5) is 40.1. The average Bonchev–Trinajstić information content (AvgIpc) is 3.53. The van der Waals surface area contributed by atoms with Crippen LogP contribution in [0.2, 0.25) is 0 Å². The maximum atomic E-state index is 14.5. The summed E-state index contributed by atoms with van der Waals surface area (Å²) >= 11 is 0. The number of carbonyl (C=O) groups is 3. The summed E-state index contributed by atoms with van der Waals surface area (Å²) in [6, 6.07) is 16.3. The first kappa shape index (κ1) is 28.8. The number of aryl methyl sites for hydroxylation is 1. The van der Waals surface area contributed by atoms with Crippen molar-refractivity contribution in [2.45, 2.75) is 43.5 Å². The number of ether oxygens (including phenoxy) is 1. The summed E-state index contributed by atoms with van der Waals surface area (Å²) < 4.78 is 35.7. The Hall–Kier alpha value is -4.25. The second-order valence-electron chi connectivity index (χ2n) is 9.83. The van der Waals surface area contributed by atoms with Gasteiger partial charge >= 0.3 is 0 Å². The summed E-state index contributed by atoms with van der Waals surface area (Å²) in [5, 5.41) is 16.4. The van der Waals surface area contributed by atoms with E-state index in [9.17, 15) is 28.3 Å². The van der Waals surface area contributed by atoms with Gasteiger partial charge in [0, 0.05) is 26.2 Å². The third-order valence-electron chi connectivity index (χ3n) is 6.91. The smallest absolute Gasteiger partial charge is 0.268 e. The molecule has 4 rings (SSSR count). The number of aromatic nitrogens is 1. The molecule has 212 valence electrons. The number of halogens is 2. The molecule has 1 aromatic heterocycles. The van der Waals surface area contributed by atoms with Gasteiger partial charge in [-0.1, -0.05) is 42.5 Å². The molecule has 3 unspecified atom stereocenters. The Morgan fingerprint density at radius 3 is 2.38 bits per heavy atom. The van der Waals surface area contributed by atoms with Crippen molar-refractivity contribution in [3.63, 3.8) is 0 Å². The second kappa shape index (κ2) is 12.3. The molecule has 2 aromatic carbocycles. The van der Waals surface area contributed by atoms with Crippen LogP contribution in [-0.4, -0.2) is 70.1 Å². The third kappa shape index (κ3) is 6.84. The molecule has 11 heteroatoms. The molecule has 0 spiro atoms. The molecular weight excluding hydrogens is 522 g/mol. The number of alkyl halides is 2. The number of aliphatic hydroxyl groups excluding tert-OH is 1. The minimum atomic E-state index is -3.32. The van der Waals surface area contributed by atoms with E-state index >= 15 is 0 Å². The summed E-state index contributed by atoms with van der Waals surface area (Å²) in [6.45, 7) is -0.966. The number of hydrogen-bond acceptors (Lipinski definition) is 5. The van der Waals surface area contributed by atoms with E-state index in [1.165, 1.54) is 7.11 Å². The highest BCUT2D eigenvalue weighted by molar-refractivity contribution is 5.94. The lowest BCUT2D eigenvalue weighted by Gasteiger charge is -2.30. The minimum Gasteiger partial charge on any atom is -0.497 e. The van der Waals surface area contributed by atoms with E-state index < -0.39 is 54.8 Å². The molecule has 3 aromatic rings. The molecule has 0 radical (unpaired) electrons. The lowest BCUT2D eigenvalue weighted by molar-refractivity contribution is -0.147. The van der Waals surface area contributed by atoms with Crippen molar-refractivity contribution in [2.24, 2.45) is 7.05 Å². The van der Waals surface area contributed by atoms with Crippen molar-refractivity contribution < 1.29 is 33.0 Å². The first-order valence-corrected chi connectivity index (χ1v) is 12.8. The minimum absolute atomic E-state index is 0.0544. The van der Waals surface area contributed by atoms with Crippen LogP contribution < -0.4 is 15.4 Å². The summed E-state index contributed by atoms with van der Waals surface area (Å²) in [5.41, 5.74) is 1.72. The molecule has 9 nitrogen and oxygen atoms in total. The maximum Gasteiger partial charge on any atom is 0.268 e. The Kier molecular flexibility index (Phi) is 8.83. The van der Waals surface area contributed by atoms with Crippen LogP contribution in [0.4, 0.5) is 8.78 Å². The zero-order valence-electron chi connectivity index (χ0n) is 22.2. The van der Waals surface area contributed by atoms with E-state index in [0.29, 0.717) is 27.5 Å². The van der Waals surface area contributed by atoms with Gasteiger partial charge in [0.05, 0.1) is 19.7 Å². The SMILES string of the molecule is COc1ccc(CNC(=O)C2CC(F)(F)CN2C(=O)C(O)C(Cc2ccccc2)NC(=O)c2cccn2C)cc1. The van der Waals surface area contributed by atoms with Crippen LogP contribution in [0.5, 0.6) is 5.75 Å². The Morgan fingerprint density at radius 2 is 1.75 bits per heavy atom. The number of aliphatic hydroxyl groups is 1. The number of methoxy groups -OCH3 is 1. The van der Waals surface area contributed by atoms with E-state index in [4.69, 9.17) is 4.74 Å². The molecular formula is C29H32F2N4O5. The number of nitrogens with zero attached hydrogens (tertiary/aromatic N) is 2. The highest BCUT2D eigenvalue weighted by Crippen LogP contribution is 2.33. The van der Waals surface area contributed by atoms with Crippen molar-refractivity contribution >= 4 is 17.7 Å². The number of nitrogens with one attached hydrogen (secondary N) is 2. The molecule has 2 heterocycles. The van der Waals surface area contributed by atoms with Gasteiger partial charge in [-0.15, -0.1) is 0 Å². The summed E-state index contributed by atoms with van der Waals surface area (Å²) in [7, 11) is 3.19. The van der Waals surface area contributed by atoms with Crippen LogP contribution in [0.15, 0.2) is 72.9 Å². The zero-order chi connectivity index (χ0) is 28.9. The van der Waals surface area contributed by atoms with Crippen molar-refractivity contribution in [3.8, 4) is 5.75 Å². The van der Waals surface area contributed by atoms with Crippen molar-refractivity contribution in [3.05, 3.63) is 89.7 Å². The Morgan fingerprint density at radius 1 is 1.05 bits per heavy atom. The highest BCUT2D eigenvalue weighted by Gasteiger charge is 2.51. The predicted molar refractivity (Wildman–Crippen MR) is 143 cm³/mol. The third-order valence-corrected chi connectivity index (χ3v) is 6.91. The molecule has 0 saturated carbocycles. The molecule has 1 saturated heterocycles. The van der Waals surface area contributed by atoms with Gasteiger partial charge in [-0.3, -0.25) is 14.4 Å². The molecule has 3 atom stereocenters. The van der Waals surface area contributed by atoms with Gasteiger partial charge in [0.2, 0.25) is 5.91 Å². The summed E-state index contributed by atoms with van der Waals surface area (Å²) in [6.07, 6.45) is -1.03. The molecule has 0 bridgehead atoms. The number of likely N-dealkylation sites (tertiary alicyclic amines) is 1. The fraction of sp³-hybridized carbons (Fsp3) is 0.345. The predicted octanol–water partition coefficient (Wildman–Crippen LogP) is 2.29. The van der Waals surface area contributed by atoms with E-state index in [-0.39, 0.29) is 13.0 Å². The highest BCUT2D eigenvalue weighted by atomic mass is 19.3. The van der Waals surface area contributed by atoms with E-state index in [0.717, 1.165) is 0 Å². The second-order valence-corrected chi connectivity index (χ2v) is 9.83. The van der Waals surface area contributed by atoms with E-state index in [2.05, 4.69) is 10.6 Å². The van der Waals surface area contributed by atoms with Crippen molar-refractivity contribution in [1.82, 2.24) is 20.1 Å². The van der Waals surface area contributed by atoms with Crippen molar-refractivity contribution in [1.29, 1.82) is 0 Å². The van der Waals surface area contributed by atoms with E-state index in [1.54, 1.807) is 84.5 Å². The molecule has 1 aliphatic rings. The maximum absolute atomic E-state index is 14.5. The van der Waals surface area contributed by atoms with Gasteiger partial charge in [-0.25, -0.2) is 8.78 Å². The van der Waals surface area contributed by atoms with Crippen LogP contribution in [0, 0.1) is 0 Å². The van der Waals surface area contributed by atoms with Gasteiger partial charge in [0.25, 0.3) is 17.7 Å². The van der Waals surface area contributed by atoms with Crippen LogP contribution in [0.1, 0.15) is 28.0 Å². The fourth-order valence-corrected chi connectivity index (χ4v) is 4.72. The largest absolute Gasteiger partial charge is 0.497 e. The normalized spacial score (nSPS) is 17.6. The number of benzene rings is 2. The Bertz CT molecular complexity index is 1330. The standard InChI is InChI=1S/C29H32F2N4O5/c1-34-14-6-9-23(34)27(38)33-22(15-19-7-4-3-5-8-19)25(36)28(39)35-18-29(30,31)16-24(35)26(37)32-17-20-10-12-21(40-2)13-11-20/h3-14,22,24-25,36H,15-18H2,1-2H3,(H,32,37)(H,33,38). The van der Waals surface area contributed by atoms with Crippen molar-refractivity contribution in [2.75, 3.05) is 13.7 Å². The fourth-order valence-electron chi connectivity index (χ4n) is 4.72. The van der Waals surface area contributed by atoms with Crippen LogP contribution >= 0.6 is 0 Å². The van der Waals surface area contributed by atoms with Gasteiger partial charge in [0.15, 0.2) is 6.10 Å². The lowest BCUT2D eigenvalue weighted by Crippen LogP contribution is -2.56. The molecule has 3 N–H and O–H groups in total. The number of hydrogen-bond donors (Lipinski definition) is 3. The summed E-state index contributed by atoms with van der Waals surface area (Å²) in [5.74, 6) is -5.06. The zero-order valence-corrected chi connectivity index (χ0v) is 22.2. The molecule has 1 fully saturated rings. The van der Waals surface area contributed by atoms with Gasteiger partial charge in [0.1, 0.15) is 17.5 Å². The monoisotopic (exact) mass is 554 g/mol. The number of carbonyl (C=O) groups excluding carboxylic acids is 3. The molecule has 40 heavy (non-hydrogen) atoms. The number of amides is 3. The van der Waals surface area contributed by atoms with Gasteiger partial charge in [-0.05, 0) is 41.8 Å². The first-order valence-electron chi connectivity index (χ1n) is 12.8. The quantitative estimate of drug-likeness (QED) is 0.356. The van der Waals surface area contributed by atoms with E-state index in [1.807, 2.05) is 0 Å². The van der Waals surface area contributed by atoms with Crippen LogP contribution in [-0.2, 0) is 29.6 Å². The van der Waals surface area contributed by atoms with Crippen LogP contribution in [0.3, 0.4) is 0 Å². The van der Waals surface area contributed by atoms with Gasteiger partial charge < -0.3 is 29.9 Å².